The van der Waals surface area contributed by atoms with Gasteiger partial charge in [0.2, 0.25) is 5.91 Å². The molecular formula is C20H31Cl2N3O. The van der Waals surface area contributed by atoms with Gasteiger partial charge in [-0.15, -0.1) is 24.8 Å². The molecular weight excluding hydrogens is 369 g/mol. The normalized spacial score (nSPS) is 27.3. The molecule has 26 heavy (non-hydrogen) atoms. The summed E-state index contributed by atoms with van der Waals surface area (Å²) in [4.78, 5) is 14.8. The Morgan fingerprint density at radius 3 is 2.27 bits per heavy atom. The van der Waals surface area contributed by atoms with Crippen LogP contribution in [0.15, 0.2) is 30.3 Å². The maximum Gasteiger partial charge on any atom is 0.234 e. The van der Waals surface area contributed by atoms with Crippen LogP contribution in [0.25, 0.3) is 0 Å². The zero-order valence-corrected chi connectivity index (χ0v) is 16.9. The summed E-state index contributed by atoms with van der Waals surface area (Å²) in [5.41, 5.74) is 1.40. The van der Waals surface area contributed by atoms with Gasteiger partial charge in [-0.1, -0.05) is 30.3 Å². The van der Waals surface area contributed by atoms with Gasteiger partial charge in [0.1, 0.15) is 0 Å². The van der Waals surface area contributed by atoms with E-state index >= 15 is 0 Å². The molecule has 2 unspecified atom stereocenters. The van der Waals surface area contributed by atoms with E-state index in [0.717, 1.165) is 31.8 Å². The number of carbonyl (C=O) groups excluding carboxylic acids is 1. The Morgan fingerprint density at radius 1 is 1.00 bits per heavy atom. The van der Waals surface area contributed by atoms with Crippen LogP contribution in [-0.4, -0.2) is 42.0 Å². The molecule has 0 aromatic heterocycles. The van der Waals surface area contributed by atoms with E-state index in [2.05, 4.69) is 45.9 Å². The number of nitrogens with zero attached hydrogens (tertiary/aromatic N) is 1. The number of nitrogens with one attached hydrogen (secondary N) is 2. The van der Waals surface area contributed by atoms with Gasteiger partial charge in [0.15, 0.2) is 0 Å². The summed E-state index contributed by atoms with van der Waals surface area (Å²) in [6.45, 7) is 2.55. The quantitative estimate of drug-likeness (QED) is 0.739. The number of hydrogen-bond donors (Lipinski definition) is 2. The van der Waals surface area contributed by atoms with Crippen LogP contribution in [0, 0.1) is 5.92 Å². The van der Waals surface area contributed by atoms with Crippen LogP contribution in [0.5, 0.6) is 0 Å². The molecule has 1 aromatic rings. The molecule has 3 fully saturated rings. The predicted octanol–water partition coefficient (Wildman–Crippen LogP) is 3.14. The summed E-state index contributed by atoms with van der Waals surface area (Å²) >= 11 is 0. The maximum absolute atomic E-state index is 12.1. The van der Waals surface area contributed by atoms with Crippen molar-refractivity contribution >= 4 is 30.7 Å². The Morgan fingerprint density at radius 2 is 1.65 bits per heavy atom. The smallest absolute Gasteiger partial charge is 0.234 e. The van der Waals surface area contributed by atoms with E-state index < -0.39 is 0 Å². The van der Waals surface area contributed by atoms with Gasteiger partial charge in [-0.25, -0.2) is 0 Å². The molecule has 3 aliphatic rings. The average molecular weight is 400 g/mol. The fourth-order valence-corrected chi connectivity index (χ4v) is 4.43. The van der Waals surface area contributed by atoms with Gasteiger partial charge in [0.25, 0.3) is 0 Å². The van der Waals surface area contributed by atoms with Gasteiger partial charge < -0.3 is 10.6 Å². The highest BCUT2D eigenvalue weighted by molar-refractivity contribution is 5.85. The van der Waals surface area contributed by atoms with Crippen LogP contribution in [-0.2, 0) is 11.3 Å². The highest BCUT2D eigenvalue weighted by Gasteiger charge is 2.40. The largest absolute Gasteiger partial charge is 0.352 e. The molecule has 0 spiro atoms. The molecule has 2 aliphatic heterocycles. The van der Waals surface area contributed by atoms with Crippen molar-refractivity contribution in [2.45, 2.75) is 63.2 Å². The molecule has 146 valence electrons. The minimum Gasteiger partial charge on any atom is -0.352 e. The number of rotatable bonds is 7. The van der Waals surface area contributed by atoms with Crippen LogP contribution >= 0.6 is 24.8 Å². The zero-order chi connectivity index (χ0) is 16.4. The van der Waals surface area contributed by atoms with Crippen molar-refractivity contribution in [2.24, 2.45) is 5.92 Å². The van der Waals surface area contributed by atoms with Crippen molar-refractivity contribution < 1.29 is 4.79 Å². The van der Waals surface area contributed by atoms with Crippen molar-refractivity contribution in [1.29, 1.82) is 0 Å². The third kappa shape index (κ3) is 5.59. The van der Waals surface area contributed by atoms with E-state index in [1.165, 1.54) is 31.2 Å². The number of carbonyl (C=O) groups is 1. The Bertz CT molecular complexity index is 553. The van der Waals surface area contributed by atoms with Gasteiger partial charge in [0, 0.05) is 24.7 Å². The Labute approximate surface area is 169 Å². The molecule has 4 nitrogen and oxygen atoms in total. The summed E-state index contributed by atoms with van der Waals surface area (Å²) in [5.74, 6) is 1.01. The second-order valence-electron chi connectivity index (χ2n) is 7.85. The summed E-state index contributed by atoms with van der Waals surface area (Å²) in [7, 11) is 0. The predicted molar refractivity (Wildman–Crippen MR) is 110 cm³/mol. The van der Waals surface area contributed by atoms with E-state index in [9.17, 15) is 4.79 Å². The maximum atomic E-state index is 12.1. The summed E-state index contributed by atoms with van der Waals surface area (Å²) in [6, 6.07) is 12.4. The second kappa shape index (κ2) is 9.93. The van der Waals surface area contributed by atoms with Gasteiger partial charge in [0.05, 0.1) is 6.54 Å². The van der Waals surface area contributed by atoms with Gasteiger partial charge in [-0.05, 0) is 56.6 Å². The summed E-state index contributed by atoms with van der Waals surface area (Å²) in [6.07, 6.45) is 7.44. The molecule has 1 amide bonds. The SMILES string of the molecule is Cl.Cl.O=C(CNCC1CC1)NC1CC2CCC(C1)N2Cc1ccccc1. The third-order valence-electron chi connectivity index (χ3n) is 5.87. The van der Waals surface area contributed by atoms with Crippen molar-refractivity contribution in [1.82, 2.24) is 15.5 Å². The van der Waals surface area contributed by atoms with Crippen LogP contribution in [0.4, 0.5) is 0 Å². The highest BCUT2D eigenvalue weighted by Crippen LogP contribution is 2.36. The summed E-state index contributed by atoms with van der Waals surface area (Å²) < 4.78 is 0. The Balaban J connectivity index is 0.00000121. The number of fused-ring (bicyclic) bond motifs is 2. The molecule has 0 radical (unpaired) electrons. The van der Waals surface area contributed by atoms with Gasteiger partial charge in [-0.3, -0.25) is 9.69 Å². The highest BCUT2D eigenvalue weighted by atomic mass is 35.5. The molecule has 4 rings (SSSR count). The van der Waals surface area contributed by atoms with E-state index in [0.29, 0.717) is 24.7 Å². The molecule has 2 heterocycles. The van der Waals surface area contributed by atoms with Crippen LogP contribution in [0.1, 0.15) is 44.1 Å². The molecule has 1 saturated carbocycles. The van der Waals surface area contributed by atoms with E-state index in [1.807, 2.05) is 0 Å². The topological polar surface area (TPSA) is 44.4 Å². The average Bonchev–Trinajstić information content (AvgIpc) is 3.36. The molecule has 1 aliphatic carbocycles. The third-order valence-corrected chi connectivity index (χ3v) is 5.87. The molecule has 2 saturated heterocycles. The first-order valence-electron chi connectivity index (χ1n) is 9.57. The lowest BCUT2D eigenvalue weighted by Crippen LogP contribution is -2.51. The molecule has 2 N–H and O–H groups in total. The Hall–Kier alpha value is -0.810. The van der Waals surface area contributed by atoms with Crippen LogP contribution in [0.2, 0.25) is 0 Å². The van der Waals surface area contributed by atoms with E-state index in [1.54, 1.807) is 0 Å². The lowest BCUT2D eigenvalue weighted by Gasteiger charge is -2.39. The lowest BCUT2D eigenvalue weighted by molar-refractivity contribution is -0.121. The molecule has 2 bridgehead atoms. The standard InChI is InChI=1S/C20H29N3O.2ClH/c24-20(13-21-12-15-6-7-15)22-17-10-18-8-9-19(11-17)23(18)14-16-4-2-1-3-5-16;;/h1-5,15,17-19,21H,6-14H2,(H,22,24);2*1H. The fourth-order valence-electron chi connectivity index (χ4n) is 4.43. The monoisotopic (exact) mass is 399 g/mol. The van der Waals surface area contributed by atoms with Crippen molar-refractivity contribution in [3.05, 3.63) is 35.9 Å². The van der Waals surface area contributed by atoms with Crippen LogP contribution < -0.4 is 10.6 Å². The van der Waals surface area contributed by atoms with E-state index in [-0.39, 0.29) is 30.7 Å². The number of benzene rings is 1. The number of halogens is 2. The van der Waals surface area contributed by atoms with Gasteiger partial charge >= 0.3 is 0 Å². The zero-order valence-electron chi connectivity index (χ0n) is 15.2. The molecule has 2 atom stereocenters. The first-order valence-corrected chi connectivity index (χ1v) is 9.57. The Kier molecular flexibility index (Phi) is 8.21. The number of amides is 1. The minimum absolute atomic E-state index is 0. The number of piperidine rings is 1. The van der Waals surface area contributed by atoms with Crippen molar-refractivity contribution in [2.75, 3.05) is 13.1 Å². The fraction of sp³-hybridized carbons (Fsp3) is 0.650. The minimum atomic E-state index is 0. The van der Waals surface area contributed by atoms with E-state index in [4.69, 9.17) is 0 Å². The van der Waals surface area contributed by atoms with Crippen molar-refractivity contribution in [3.63, 3.8) is 0 Å². The first-order chi connectivity index (χ1) is 11.8. The molecule has 1 aromatic carbocycles. The second-order valence-corrected chi connectivity index (χ2v) is 7.85. The number of hydrogen-bond acceptors (Lipinski definition) is 3. The van der Waals surface area contributed by atoms with Crippen LogP contribution in [0.3, 0.4) is 0 Å². The molecule has 6 heteroatoms. The van der Waals surface area contributed by atoms with Crippen molar-refractivity contribution in [3.8, 4) is 0 Å². The summed E-state index contributed by atoms with van der Waals surface area (Å²) in [5, 5.41) is 6.56. The first kappa shape index (κ1) is 21.5. The lowest BCUT2D eigenvalue weighted by atomic mass is 9.96. The van der Waals surface area contributed by atoms with Gasteiger partial charge in [-0.2, -0.15) is 0 Å².